The Bertz CT molecular complexity index is 679. The van der Waals surface area contributed by atoms with Crippen LogP contribution < -0.4 is 0 Å². The molecule has 0 aliphatic heterocycles. The number of benzene rings is 1. The predicted octanol–water partition coefficient (Wildman–Crippen LogP) is 5.16. The Morgan fingerprint density at radius 2 is 2.06 bits per heavy atom. The van der Waals surface area contributed by atoms with Crippen LogP contribution in [0, 0.1) is 17.1 Å². The van der Waals surface area contributed by atoms with Gasteiger partial charge in [-0.2, -0.15) is 5.26 Å². The normalized spacial score (nSPS) is 11.8. The molecule has 0 spiro atoms. The minimum atomic E-state index is -0.551. The van der Waals surface area contributed by atoms with Crippen LogP contribution in [0.2, 0.25) is 5.02 Å². The van der Waals surface area contributed by atoms with Gasteiger partial charge < -0.3 is 4.42 Å². The number of hydrogen-bond donors (Lipinski definition) is 0. The summed E-state index contributed by atoms with van der Waals surface area (Å²) in [5.74, 6) is -0.426. The summed E-state index contributed by atoms with van der Waals surface area (Å²) in [6.07, 6.45) is 0. The Labute approximate surface area is 117 Å². The van der Waals surface area contributed by atoms with Gasteiger partial charge in [0.05, 0.1) is 14.9 Å². The van der Waals surface area contributed by atoms with Gasteiger partial charge in [-0.05, 0) is 27.4 Å². The number of furan rings is 1. The van der Waals surface area contributed by atoms with E-state index in [4.69, 9.17) is 21.3 Å². The maximum absolute atomic E-state index is 14.2. The van der Waals surface area contributed by atoms with Crippen LogP contribution >= 0.6 is 27.5 Å². The highest BCUT2D eigenvalue weighted by Crippen LogP contribution is 2.41. The van der Waals surface area contributed by atoms with Gasteiger partial charge in [-0.1, -0.05) is 32.4 Å². The first-order valence-electron chi connectivity index (χ1n) is 5.28. The minimum Gasteiger partial charge on any atom is -0.444 e. The fourth-order valence-corrected chi connectivity index (χ4v) is 2.81. The quantitative estimate of drug-likeness (QED) is 0.626. The lowest BCUT2D eigenvalue weighted by atomic mass is 9.85. The maximum Gasteiger partial charge on any atom is 0.208 e. The Hall–Kier alpha value is -1.05. The zero-order valence-corrected chi connectivity index (χ0v) is 12.4. The monoisotopic (exact) mass is 329 g/mol. The van der Waals surface area contributed by atoms with Crippen molar-refractivity contribution in [2.45, 2.75) is 26.2 Å². The molecule has 0 fully saturated rings. The average molecular weight is 331 g/mol. The van der Waals surface area contributed by atoms with Gasteiger partial charge >= 0.3 is 0 Å². The first-order valence-corrected chi connectivity index (χ1v) is 6.45. The molecule has 1 aromatic carbocycles. The van der Waals surface area contributed by atoms with Crippen LogP contribution in [0.1, 0.15) is 32.1 Å². The van der Waals surface area contributed by atoms with Gasteiger partial charge in [0.1, 0.15) is 6.07 Å². The van der Waals surface area contributed by atoms with Crippen molar-refractivity contribution >= 4 is 38.5 Å². The zero-order valence-electron chi connectivity index (χ0n) is 10.1. The van der Waals surface area contributed by atoms with Crippen molar-refractivity contribution in [3.8, 4) is 6.07 Å². The molecular formula is C13H10BrClFNO. The number of halogens is 3. The van der Waals surface area contributed by atoms with Crippen molar-refractivity contribution in [2.24, 2.45) is 0 Å². The van der Waals surface area contributed by atoms with E-state index in [1.807, 2.05) is 26.8 Å². The lowest BCUT2D eigenvalue weighted by Gasteiger charge is -2.17. The molecule has 18 heavy (non-hydrogen) atoms. The SMILES string of the molecule is CC(C)(C)c1c(C#N)oc2c(Br)cc(Cl)c(F)c12. The number of nitriles is 1. The number of nitrogens with zero attached hydrogens (tertiary/aromatic N) is 1. The molecule has 0 amide bonds. The molecule has 0 aliphatic rings. The smallest absolute Gasteiger partial charge is 0.208 e. The van der Waals surface area contributed by atoms with Crippen LogP contribution in [0.15, 0.2) is 15.0 Å². The summed E-state index contributed by atoms with van der Waals surface area (Å²) >= 11 is 9.11. The molecule has 1 heterocycles. The Balaban J connectivity index is 3.05. The molecule has 5 heteroatoms. The topological polar surface area (TPSA) is 36.9 Å². The van der Waals surface area contributed by atoms with Crippen LogP contribution in [0.25, 0.3) is 11.0 Å². The maximum atomic E-state index is 14.2. The van der Waals surface area contributed by atoms with E-state index in [-0.39, 0.29) is 16.2 Å². The van der Waals surface area contributed by atoms with Gasteiger partial charge in [0.2, 0.25) is 5.76 Å². The van der Waals surface area contributed by atoms with Crippen molar-refractivity contribution in [2.75, 3.05) is 0 Å². The van der Waals surface area contributed by atoms with E-state index in [0.717, 1.165) is 0 Å². The standard InChI is InChI=1S/C13H10BrClFNO/c1-13(2,3)10-8(5-17)18-12-6(14)4-7(15)11(16)9(10)12/h4H,1-3H3. The molecule has 0 unspecified atom stereocenters. The summed E-state index contributed by atoms with van der Waals surface area (Å²) in [5, 5.41) is 9.40. The van der Waals surface area contributed by atoms with Crippen LogP contribution in [-0.4, -0.2) is 0 Å². The molecule has 0 aliphatic carbocycles. The highest BCUT2D eigenvalue weighted by molar-refractivity contribution is 9.10. The minimum absolute atomic E-state index is 0.00478. The first-order chi connectivity index (χ1) is 8.27. The highest BCUT2D eigenvalue weighted by Gasteiger charge is 2.29. The van der Waals surface area contributed by atoms with Gasteiger partial charge in [-0.15, -0.1) is 0 Å². The van der Waals surface area contributed by atoms with Crippen LogP contribution in [0.4, 0.5) is 4.39 Å². The first kappa shape index (κ1) is 13.4. The summed E-state index contributed by atoms with van der Waals surface area (Å²) in [4.78, 5) is 0. The summed E-state index contributed by atoms with van der Waals surface area (Å²) < 4.78 is 20.2. The van der Waals surface area contributed by atoms with Gasteiger partial charge in [-0.3, -0.25) is 0 Å². The molecule has 0 bridgehead atoms. The Kier molecular flexibility index (Phi) is 3.16. The van der Waals surface area contributed by atoms with Crippen molar-refractivity contribution in [3.63, 3.8) is 0 Å². The zero-order chi connectivity index (χ0) is 13.7. The predicted molar refractivity (Wildman–Crippen MR) is 72.3 cm³/mol. The third kappa shape index (κ3) is 1.92. The molecule has 0 radical (unpaired) electrons. The summed E-state index contributed by atoms with van der Waals surface area (Å²) in [7, 11) is 0. The molecule has 0 N–H and O–H groups in total. The van der Waals surface area contributed by atoms with Crippen molar-refractivity contribution in [3.05, 3.63) is 32.7 Å². The molecule has 0 atom stereocenters. The molecule has 0 saturated heterocycles. The molecule has 94 valence electrons. The molecular weight excluding hydrogens is 321 g/mol. The number of rotatable bonds is 0. The Morgan fingerprint density at radius 1 is 1.44 bits per heavy atom. The van der Waals surface area contributed by atoms with Crippen molar-refractivity contribution < 1.29 is 8.81 Å². The second-order valence-corrected chi connectivity index (χ2v) is 6.29. The largest absolute Gasteiger partial charge is 0.444 e. The van der Waals surface area contributed by atoms with Crippen molar-refractivity contribution in [1.82, 2.24) is 0 Å². The highest BCUT2D eigenvalue weighted by atomic mass is 79.9. The fourth-order valence-electron chi connectivity index (χ4n) is 1.96. The molecule has 2 nitrogen and oxygen atoms in total. The average Bonchev–Trinajstić information content (AvgIpc) is 2.65. The van der Waals surface area contributed by atoms with Crippen LogP contribution in [0.3, 0.4) is 0 Å². The summed E-state index contributed by atoms with van der Waals surface area (Å²) in [6.45, 7) is 5.69. The number of fused-ring (bicyclic) bond motifs is 1. The van der Waals surface area contributed by atoms with Gasteiger partial charge in [-0.25, -0.2) is 4.39 Å². The van der Waals surface area contributed by atoms with E-state index in [1.165, 1.54) is 6.07 Å². The summed E-state index contributed by atoms with van der Waals surface area (Å²) in [6, 6.07) is 3.40. The fraction of sp³-hybridized carbons (Fsp3) is 0.308. The van der Waals surface area contributed by atoms with Crippen molar-refractivity contribution in [1.29, 1.82) is 5.26 Å². The second-order valence-electron chi connectivity index (χ2n) is 5.03. The van der Waals surface area contributed by atoms with Gasteiger partial charge in [0, 0.05) is 5.56 Å². The molecule has 2 rings (SSSR count). The third-order valence-electron chi connectivity index (χ3n) is 2.66. The molecule has 2 aromatic rings. The van der Waals surface area contributed by atoms with E-state index < -0.39 is 11.2 Å². The summed E-state index contributed by atoms with van der Waals surface area (Å²) in [5.41, 5.74) is 0.445. The van der Waals surface area contributed by atoms with E-state index >= 15 is 0 Å². The Morgan fingerprint density at radius 3 is 2.56 bits per heavy atom. The van der Waals surface area contributed by atoms with Crippen LogP contribution in [0.5, 0.6) is 0 Å². The van der Waals surface area contributed by atoms with Crippen LogP contribution in [-0.2, 0) is 5.41 Å². The van der Waals surface area contributed by atoms with E-state index in [0.29, 0.717) is 15.6 Å². The lowest BCUT2D eigenvalue weighted by Crippen LogP contribution is -2.12. The lowest BCUT2D eigenvalue weighted by molar-refractivity contribution is 0.545. The van der Waals surface area contributed by atoms with E-state index in [1.54, 1.807) is 0 Å². The third-order valence-corrected chi connectivity index (χ3v) is 3.52. The second kappa shape index (κ2) is 4.25. The van der Waals surface area contributed by atoms with E-state index in [2.05, 4.69) is 15.9 Å². The van der Waals surface area contributed by atoms with Gasteiger partial charge in [0.25, 0.3) is 0 Å². The van der Waals surface area contributed by atoms with E-state index in [9.17, 15) is 4.39 Å². The molecule has 0 saturated carbocycles. The molecule has 1 aromatic heterocycles. The van der Waals surface area contributed by atoms with Gasteiger partial charge in [0.15, 0.2) is 11.4 Å². The number of hydrogen-bond acceptors (Lipinski definition) is 2.